The lowest BCUT2D eigenvalue weighted by molar-refractivity contribution is -0.137. The highest BCUT2D eigenvalue weighted by Gasteiger charge is 2.40. The number of hydrogen-bond donors (Lipinski definition) is 1. The number of aromatic nitrogens is 4. The van der Waals surface area contributed by atoms with E-state index < -0.39 is 41.8 Å². The largest absolute Gasteiger partial charge is 0.418 e. The van der Waals surface area contributed by atoms with E-state index in [9.17, 15) is 22.8 Å². The lowest BCUT2D eigenvalue weighted by Crippen LogP contribution is -2.47. The zero-order valence-corrected chi connectivity index (χ0v) is 25.2. The van der Waals surface area contributed by atoms with Crippen LogP contribution in [-0.4, -0.2) is 65.4 Å². The SMILES string of the molecule is Cc1ccc(-c2nnn(CC(=O)N(c3ccccc3C(F)(F)F)[C@@H](C(=O)NC[C@@H]3CCCO3)c3ccc(N(C)C)cc3)n2)cc1. The molecular formula is C32H34F3N7O3. The predicted octanol–water partition coefficient (Wildman–Crippen LogP) is 4.80. The number of benzene rings is 3. The summed E-state index contributed by atoms with van der Waals surface area (Å²) in [6.07, 6.45) is -3.46. The molecule has 3 aromatic carbocycles. The number of alkyl halides is 3. The number of nitrogens with one attached hydrogen (secondary N) is 1. The molecule has 0 spiro atoms. The molecule has 0 saturated carbocycles. The van der Waals surface area contributed by atoms with Crippen LogP contribution in [0, 0.1) is 6.92 Å². The topological polar surface area (TPSA) is 105 Å². The molecule has 236 valence electrons. The van der Waals surface area contributed by atoms with Crippen molar-refractivity contribution in [2.45, 2.75) is 44.6 Å². The summed E-state index contributed by atoms with van der Waals surface area (Å²) >= 11 is 0. The van der Waals surface area contributed by atoms with E-state index in [0.29, 0.717) is 17.7 Å². The fraction of sp³-hybridized carbons (Fsp3) is 0.344. The number of carbonyl (C=O) groups excluding carboxylic acids is 2. The van der Waals surface area contributed by atoms with Gasteiger partial charge in [-0.3, -0.25) is 14.5 Å². The number of carbonyl (C=O) groups is 2. The number of aryl methyl sites for hydroxylation is 1. The summed E-state index contributed by atoms with van der Waals surface area (Å²) in [7, 11) is 3.68. The molecule has 0 radical (unpaired) electrons. The third-order valence-electron chi connectivity index (χ3n) is 7.54. The van der Waals surface area contributed by atoms with E-state index in [0.717, 1.165) is 39.9 Å². The fourth-order valence-corrected chi connectivity index (χ4v) is 5.16. The minimum atomic E-state index is -4.81. The Morgan fingerprint density at radius 2 is 1.76 bits per heavy atom. The van der Waals surface area contributed by atoms with Gasteiger partial charge in [0, 0.05) is 38.5 Å². The van der Waals surface area contributed by atoms with Gasteiger partial charge in [-0.1, -0.05) is 54.1 Å². The first-order chi connectivity index (χ1) is 21.5. The van der Waals surface area contributed by atoms with Gasteiger partial charge in [0.05, 0.1) is 17.4 Å². The van der Waals surface area contributed by atoms with E-state index in [1.807, 2.05) is 38.1 Å². The van der Waals surface area contributed by atoms with Crippen LogP contribution in [0.5, 0.6) is 0 Å². The van der Waals surface area contributed by atoms with Crippen LogP contribution < -0.4 is 15.1 Å². The van der Waals surface area contributed by atoms with Gasteiger partial charge < -0.3 is 15.0 Å². The van der Waals surface area contributed by atoms with Gasteiger partial charge in [0.1, 0.15) is 12.6 Å². The Kier molecular flexibility index (Phi) is 9.47. The maximum absolute atomic E-state index is 14.4. The summed E-state index contributed by atoms with van der Waals surface area (Å²) in [5.74, 6) is -1.25. The molecule has 1 aliphatic heterocycles. The Labute approximate surface area is 258 Å². The number of ether oxygens (including phenoxy) is 1. The van der Waals surface area contributed by atoms with E-state index in [2.05, 4.69) is 20.7 Å². The summed E-state index contributed by atoms with van der Waals surface area (Å²) in [6.45, 7) is 2.07. The van der Waals surface area contributed by atoms with E-state index in [1.54, 1.807) is 36.4 Å². The molecule has 13 heteroatoms. The van der Waals surface area contributed by atoms with E-state index in [1.165, 1.54) is 18.2 Å². The van der Waals surface area contributed by atoms with Crippen LogP contribution in [-0.2, 0) is 27.0 Å². The molecule has 1 fully saturated rings. The summed E-state index contributed by atoms with van der Waals surface area (Å²) in [6, 6.07) is 17.3. The molecule has 0 aliphatic carbocycles. The Bertz CT molecular complexity index is 1620. The maximum Gasteiger partial charge on any atom is 0.418 e. The first-order valence-electron chi connectivity index (χ1n) is 14.5. The van der Waals surface area contributed by atoms with Crippen LogP contribution in [0.25, 0.3) is 11.4 Å². The molecule has 1 aromatic heterocycles. The minimum absolute atomic E-state index is 0.151. The maximum atomic E-state index is 14.4. The number of halogens is 3. The Balaban J connectivity index is 1.56. The second-order valence-electron chi connectivity index (χ2n) is 11.1. The van der Waals surface area contributed by atoms with Crippen molar-refractivity contribution in [3.8, 4) is 11.4 Å². The van der Waals surface area contributed by atoms with Crippen LogP contribution in [0.4, 0.5) is 24.5 Å². The van der Waals surface area contributed by atoms with E-state index >= 15 is 0 Å². The molecule has 1 saturated heterocycles. The van der Waals surface area contributed by atoms with Crippen molar-refractivity contribution in [3.63, 3.8) is 0 Å². The molecule has 0 unspecified atom stereocenters. The Hall–Kier alpha value is -4.78. The summed E-state index contributed by atoms with van der Waals surface area (Å²) in [4.78, 5) is 31.9. The number of rotatable bonds is 10. The molecule has 1 N–H and O–H groups in total. The van der Waals surface area contributed by atoms with Gasteiger partial charge >= 0.3 is 6.18 Å². The monoisotopic (exact) mass is 621 g/mol. The molecule has 10 nitrogen and oxygen atoms in total. The van der Waals surface area contributed by atoms with Crippen LogP contribution >= 0.6 is 0 Å². The van der Waals surface area contributed by atoms with Crippen molar-refractivity contribution in [2.24, 2.45) is 0 Å². The first kappa shape index (κ1) is 31.6. The third kappa shape index (κ3) is 7.48. The van der Waals surface area contributed by atoms with E-state index in [-0.39, 0.29) is 18.5 Å². The minimum Gasteiger partial charge on any atom is -0.378 e. The number of nitrogens with zero attached hydrogens (tertiary/aromatic N) is 6. The van der Waals surface area contributed by atoms with Crippen LogP contribution in [0.2, 0.25) is 0 Å². The lowest BCUT2D eigenvalue weighted by Gasteiger charge is -2.33. The molecule has 2 atom stereocenters. The second-order valence-corrected chi connectivity index (χ2v) is 11.1. The third-order valence-corrected chi connectivity index (χ3v) is 7.54. The van der Waals surface area contributed by atoms with Gasteiger partial charge in [-0.05, 0) is 54.8 Å². The number of anilines is 2. The second kappa shape index (κ2) is 13.5. The molecule has 0 bridgehead atoms. The molecule has 5 rings (SSSR count). The van der Waals surface area contributed by atoms with Crippen molar-refractivity contribution in [1.29, 1.82) is 0 Å². The van der Waals surface area contributed by atoms with Crippen LogP contribution in [0.15, 0.2) is 72.8 Å². The molecule has 2 amide bonds. The molecule has 2 heterocycles. The highest BCUT2D eigenvalue weighted by atomic mass is 19.4. The number of para-hydroxylation sites is 1. The smallest absolute Gasteiger partial charge is 0.378 e. The van der Waals surface area contributed by atoms with Gasteiger partial charge in [-0.25, -0.2) is 0 Å². The molecule has 1 aliphatic rings. The number of amides is 2. The predicted molar refractivity (Wildman–Crippen MR) is 162 cm³/mol. The average Bonchev–Trinajstić information content (AvgIpc) is 3.71. The highest BCUT2D eigenvalue weighted by molar-refractivity contribution is 6.02. The first-order valence-corrected chi connectivity index (χ1v) is 14.5. The summed E-state index contributed by atoms with van der Waals surface area (Å²) in [5, 5.41) is 15.1. The van der Waals surface area contributed by atoms with Crippen molar-refractivity contribution in [3.05, 3.63) is 89.5 Å². The van der Waals surface area contributed by atoms with Crippen molar-refractivity contribution >= 4 is 23.2 Å². The van der Waals surface area contributed by atoms with Crippen molar-refractivity contribution < 1.29 is 27.5 Å². The standard InChI is InChI=1S/C32H34F3N7O3/c1-21-10-12-23(13-11-21)30-37-39-41(38-30)20-28(43)42(27-9-5-4-8-26(27)32(33,34)35)29(22-14-16-24(17-15-22)40(2)3)31(44)36-19-25-7-6-18-45-25/h4-5,8-17,25,29H,6-7,18-20H2,1-3H3,(H,36,44)/t25-,29+/m0/s1. The average molecular weight is 622 g/mol. The quantitative estimate of drug-likeness (QED) is 0.271. The van der Waals surface area contributed by atoms with Crippen LogP contribution in [0.1, 0.15) is 35.6 Å². The summed E-state index contributed by atoms with van der Waals surface area (Å²) < 4.78 is 48.8. The lowest BCUT2D eigenvalue weighted by atomic mass is 10.0. The van der Waals surface area contributed by atoms with Gasteiger partial charge in [0.2, 0.25) is 11.7 Å². The Morgan fingerprint density at radius 1 is 1.04 bits per heavy atom. The Morgan fingerprint density at radius 3 is 2.40 bits per heavy atom. The van der Waals surface area contributed by atoms with E-state index in [4.69, 9.17) is 4.74 Å². The summed E-state index contributed by atoms with van der Waals surface area (Å²) in [5.41, 5.74) is 1.28. The van der Waals surface area contributed by atoms with Gasteiger partial charge in [-0.15, -0.1) is 10.2 Å². The van der Waals surface area contributed by atoms with Crippen molar-refractivity contribution in [2.75, 3.05) is 37.0 Å². The van der Waals surface area contributed by atoms with Gasteiger partial charge in [-0.2, -0.15) is 18.0 Å². The highest BCUT2D eigenvalue weighted by Crippen LogP contribution is 2.40. The molecule has 45 heavy (non-hydrogen) atoms. The van der Waals surface area contributed by atoms with Gasteiger partial charge in [0.15, 0.2) is 0 Å². The normalized spacial score (nSPS) is 15.5. The molecule has 4 aromatic rings. The van der Waals surface area contributed by atoms with Gasteiger partial charge in [0.25, 0.3) is 5.91 Å². The van der Waals surface area contributed by atoms with Crippen LogP contribution in [0.3, 0.4) is 0 Å². The number of hydrogen-bond acceptors (Lipinski definition) is 7. The zero-order valence-electron chi connectivity index (χ0n) is 25.2. The van der Waals surface area contributed by atoms with Crippen molar-refractivity contribution in [1.82, 2.24) is 25.5 Å². The number of tetrazole rings is 1. The zero-order chi connectivity index (χ0) is 32.1. The fourth-order valence-electron chi connectivity index (χ4n) is 5.16. The molecular weight excluding hydrogens is 587 g/mol.